The zero-order valence-electron chi connectivity index (χ0n) is 11.8. The molecule has 0 aliphatic carbocycles. The van der Waals surface area contributed by atoms with E-state index < -0.39 is 11.6 Å². The van der Waals surface area contributed by atoms with Gasteiger partial charge in [-0.3, -0.25) is 14.4 Å². The molecule has 4 heteroatoms. The number of Topliss-reactive ketones (excluding diaryl/α,β-unsaturated/α-hetero) is 2. The van der Waals surface area contributed by atoms with Gasteiger partial charge in [-0.05, 0) is 31.2 Å². The number of carbonyl (C=O) groups excluding carboxylic acids is 3. The van der Waals surface area contributed by atoms with Crippen molar-refractivity contribution in [1.29, 1.82) is 0 Å². The molecule has 21 heavy (non-hydrogen) atoms. The number of benzene rings is 2. The van der Waals surface area contributed by atoms with Gasteiger partial charge in [-0.1, -0.05) is 29.8 Å². The van der Waals surface area contributed by atoms with Crippen LogP contribution in [-0.2, 0) is 4.79 Å². The van der Waals surface area contributed by atoms with Crippen LogP contribution in [0.5, 0.6) is 0 Å². The lowest BCUT2D eigenvalue weighted by Crippen LogP contribution is -2.14. The second-order valence-electron chi connectivity index (χ2n) is 4.78. The lowest BCUT2D eigenvalue weighted by atomic mass is 10.0. The Morgan fingerprint density at radius 3 is 1.62 bits per heavy atom. The maximum Gasteiger partial charge on any atom is 0.233 e. The van der Waals surface area contributed by atoms with Crippen LogP contribution in [0.4, 0.5) is 5.69 Å². The SMILES string of the molecule is CC(=O)Nc1ccc(C(=O)C(=O)c2ccc(C)cc2)cc1. The molecule has 2 aromatic carbocycles. The van der Waals surface area contributed by atoms with E-state index in [1.54, 1.807) is 36.4 Å². The van der Waals surface area contributed by atoms with Crippen molar-refractivity contribution in [3.8, 4) is 0 Å². The Hall–Kier alpha value is -2.75. The quantitative estimate of drug-likeness (QED) is 0.692. The molecule has 0 saturated heterocycles. The van der Waals surface area contributed by atoms with Gasteiger partial charge in [-0.25, -0.2) is 0 Å². The standard InChI is InChI=1S/C17H15NO3/c1-11-3-5-13(6-4-11)16(20)17(21)14-7-9-15(10-8-14)18-12(2)19/h3-10H,1-2H3,(H,18,19). The van der Waals surface area contributed by atoms with Gasteiger partial charge in [-0.2, -0.15) is 0 Å². The molecule has 2 aromatic rings. The first-order valence-corrected chi connectivity index (χ1v) is 6.51. The molecule has 1 N–H and O–H groups in total. The van der Waals surface area contributed by atoms with Crippen LogP contribution in [0.1, 0.15) is 33.2 Å². The number of nitrogens with one attached hydrogen (secondary N) is 1. The van der Waals surface area contributed by atoms with Crippen molar-refractivity contribution in [3.63, 3.8) is 0 Å². The summed E-state index contributed by atoms with van der Waals surface area (Å²) in [5.41, 5.74) is 2.28. The minimum absolute atomic E-state index is 0.190. The van der Waals surface area contributed by atoms with E-state index >= 15 is 0 Å². The molecule has 0 aromatic heterocycles. The third kappa shape index (κ3) is 3.63. The molecule has 0 atom stereocenters. The molecule has 2 rings (SSSR count). The third-order valence-corrected chi connectivity index (χ3v) is 2.99. The van der Waals surface area contributed by atoms with Gasteiger partial charge in [0.15, 0.2) is 0 Å². The average Bonchev–Trinajstić information content (AvgIpc) is 2.47. The van der Waals surface area contributed by atoms with E-state index in [9.17, 15) is 14.4 Å². The van der Waals surface area contributed by atoms with Crippen LogP contribution in [0.3, 0.4) is 0 Å². The van der Waals surface area contributed by atoms with E-state index in [2.05, 4.69) is 5.32 Å². The van der Waals surface area contributed by atoms with Crippen LogP contribution in [0.15, 0.2) is 48.5 Å². The van der Waals surface area contributed by atoms with Crippen molar-refractivity contribution in [2.75, 3.05) is 5.32 Å². The molecule has 4 nitrogen and oxygen atoms in total. The van der Waals surface area contributed by atoms with Crippen molar-refractivity contribution < 1.29 is 14.4 Å². The highest BCUT2D eigenvalue weighted by atomic mass is 16.2. The van der Waals surface area contributed by atoms with Crippen molar-refractivity contribution in [2.24, 2.45) is 0 Å². The number of hydrogen-bond donors (Lipinski definition) is 1. The lowest BCUT2D eigenvalue weighted by Gasteiger charge is -2.04. The van der Waals surface area contributed by atoms with Gasteiger partial charge in [0, 0.05) is 23.7 Å². The average molecular weight is 281 g/mol. The highest BCUT2D eigenvalue weighted by molar-refractivity contribution is 6.49. The summed E-state index contributed by atoms with van der Waals surface area (Å²) in [5, 5.41) is 2.60. The summed E-state index contributed by atoms with van der Waals surface area (Å²) < 4.78 is 0. The summed E-state index contributed by atoms with van der Waals surface area (Å²) in [7, 11) is 0. The fourth-order valence-corrected chi connectivity index (χ4v) is 1.88. The number of aryl methyl sites for hydroxylation is 1. The number of amides is 1. The number of ketones is 2. The maximum absolute atomic E-state index is 12.1. The largest absolute Gasteiger partial charge is 0.326 e. The highest BCUT2D eigenvalue weighted by Gasteiger charge is 2.17. The van der Waals surface area contributed by atoms with E-state index in [0.29, 0.717) is 16.8 Å². The third-order valence-electron chi connectivity index (χ3n) is 2.99. The van der Waals surface area contributed by atoms with Crippen molar-refractivity contribution in [3.05, 3.63) is 65.2 Å². The monoisotopic (exact) mass is 281 g/mol. The van der Waals surface area contributed by atoms with Gasteiger partial charge in [-0.15, -0.1) is 0 Å². The van der Waals surface area contributed by atoms with Crippen LogP contribution < -0.4 is 5.32 Å². The van der Waals surface area contributed by atoms with Gasteiger partial charge in [0.1, 0.15) is 0 Å². The normalized spacial score (nSPS) is 10.0. The van der Waals surface area contributed by atoms with Gasteiger partial charge in [0.05, 0.1) is 0 Å². The number of hydrogen-bond acceptors (Lipinski definition) is 3. The van der Waals surface area contributed by atoms with Crippen molar-refractivity contribution in [1.82, 2.24) is 0 Å². The second-order valence-corrected chi connectivity index (χ2v) is 4.78. The molecule has 0 unspecified atom stereocenters. The van der Waals surface area contributed by atoms with Gasteiger partial charge >= 0.3 is 0 Å². The van der Waals surface area contributed by atoms with E-state index in [4.69, 9.17) is 0 Å². The predicted molar refractivity (Wildman–Crippen MR) is 80.6 cm³/mol. The molecule has 0 radical (unpaired) electrons. The Morgan fingerprint density at radius 1 is 0.762 bits per heavy atom. The maximum atomic E-state index is 12.1. The fourth-order valence-electron chi connectivity index (χ4n) is 1.88. The van der Waals surface area contributed by atoms with Crippen LogP contribution in [0.2, 0.25) is 0 Å². The Balaban J connectivity index is 2.17. The Labute approximate surface area is 122 Å². The fraction of sp³-hybridized carbons (Fsp3) is 0.118. The molecule has 0 saturated carbocycles. The molecule has 0 aliphatic heterocycles. The van der Waals surface area contributed by atoms with Gasteiger partial charge in [0.25, 0.3) is 0 Å². The minimum Gasteiger partial charge on any atom is -0.326 e. The number of rotatable bonds is 4. The van der Waals surface area contributed by atoms with Crippen LogP contribution >= 0.6 is 0 Å². The van der Waals surface area contributed by atoms with E-state index in [1.807, 2.05) is 6.92 Å². The lowest BCUT2D eigenvalue weighted by molar-refractivity contribution is -0.114. The van der Waals surface area contributed by atoms with Crippen LogP contribution in [0, 0.1) is 6.92 Å². The molecule has 0 spiro atoms. The first kappa shape index (κ1) is 14.7. The molecule has 1 amide bonds. The molecule has 106 valence electrons. The summed E-state index contributed by atoms with van der Waals surface area (Å²) in [6, 6.07) is 13.1. The highest BCUT2D eigenvalue weighted by Crippen LogP contribution is 2.13. The summed E-state index contributed by atoms with van der Waals surface area (Å²) in [5.74, 6) is -1.29. The summed E-state index contributed by atoms with van der Waals surface area (Å²) >= 11 is 0. The molecule has 0 bridgehead atoms. The van der Waals surface area contributed by atoms with E-state index in [-0.39, 0.29) is 5.91 Å². The molecule has 0 fully saturated rings. The van der Waals surface area contributed by atoms with Crippen molar-refractivity contribution >= 4 is 23.2 Å². The summed E-state index contributed by atoms with van der Waals surface area (Å²) in [6.07, 6.45) is 0. The van der Waals surface area contributed by atoms with Crippen molar-refractivity contribution in [2.45, 2.75) is 13.8 Å². The van der Waals surface area contributed by atoms with Crippen LogP contribution in [0.25, 0.3) is 0 Å². The minimum atomic E-state index is -0.562. The Bertz CT molecular complexity index is 685. The molecular formula is C17H15NO3. The predicted octanol–water partition coefficient (Wildman–Crippen LogP) is 3.02. The first-order valence-electron chi connectivity index (χ1n) is 6.51. The zero-order valence-corrected chi connectivity index (χ0v) is 11.8. The molecule has 0 aliphatic rings. The first-order chi connectivity index (χ1) is 9.97. The number of anilines is 1. The Morgan fingerprint density at radius 2 is 1.19 bits per heavy atom. The zero-order chi connectivity index (χ0) is 15.4. The van der Waals surface area contributed by atoms with E-state index in [1.165, 1.54) is 19.1 Å². The van der Waals surface area contributed by atoms with E-state index in [0.717, 1.165) is 5.56 Å². The Kier molecular flexibility index (Phi) is 4.28. The summed E-state index contributed by atoms with van der Waals surface area (Å²) in [6.45, 7) is 3.32. The van der Waals surface area contributed by atoms with Gasteiger partial charge < -0.3 is 5.32 Å². The van der Waals surface area contributed by atoms with Crippen LogP contribution in [-0.4, -0.2) is 17.5 Å². The smallest absolute Gasteiger partial charge is 0.233 e. The second kappa shape index (κ2) is 6.13. The van der Waals surface area contributed by atoms with Gasteiger partial charge in [0.2, 0.25) is 17.5 Å². The topological polar surface area (TPSA) is 63.2 Å². The molecular weight excluding hydrogens is 266 g/mol. The summed E-state index contributed by atoms with van der Waals surface area (Å²) in [4.78, 5) is 35.1. The molecule has 0 heterocycles. The number of carbonyl (C=O) groups is 3.